The fourth-order valence-corrected chi connectivity index (χ4v) is 1.81. The van der Waals surface area contributed by atoms with Crippen LogP contribution in [0.25, 0.3) is 0 Å². The number of benzene rings is 1. The highest BCUT2D eigenvalue weighted by Gasteiger charge is 1.98. The summed E-state index contributed by atoms with van der Waals surface area (Å²) in [5.41, 5.74) is 1.26. The zero-order valence-corrected chi connectivity index (χ0v) is 9.86. The molecule has 0 amide bonds. The van der Waals surface area contributed by atoms with Gasteiger partial charge < -0.3 is 4.74 Å². The first-order valence-corrected chi connectivity index (χ1v) is 5.48. The van der Waals surface area contributed by atoms with Crippen LogP contribution < -0.4 is 4.74 Å². The van der Waals surface area contributed by atoms with E-state index in [1.807, 2.05) is 12.1 Å². The van der Waals surface area contributed by atoms with E-state index < -0.39 is 0 Å². The number of ether oxygens (including phenoxy) is 1. The van der Waals surface area contributed by atoms with Crippen molar-refractivity contribution < 1.29 is 4.74 Å². The van der Waals surface area contributed by atoms with E-state index in [2.05, 4.69) is 22.0 Å². The van der Waals surface area contributed by atoms with Crippen LogP contribution in [0.15, 0.2) is 22.7 Å². The fraction of sp³-hybridized carbons (Fsp3) is 0.400. The predicted octanol–water partition coefficient (Wildman–Crippen LogP) is 3.63. The molecule has 0 heterocycles. The van der Waals surface area contributed by atoms with Crippen molar-refractivity contribution in [2.45, 2.75) is 12.8 Å². The number of methoxy groups -OCH3 is 1. The lowest BCUT2D eigenvalue weighted by Crippen LogP contribution is -1.89. The van der Waals surface area contributed by atoms with Gasteiger partial charge in [-0.3, -0.25) is 0 Å². The first-order chi connectivity index (χ1) is 6.26. The van der Waals surface area contributed by atoms with Gasteiger partial charge in [0.1, 0.15) is 5.75 Å². The minimum Gasteiger partial charge on any atom is -0.497 e. The third kappa shape index (κ3) is 3.57. The normalized spacial score (nSPS) is 10.1. The highest BCUT2D eigenvalue weighted by molar-refractivity contribution is 9.10. The second-order valence-corrected chi connectivity index (χ2v) is 4.09. The molecule has 0 saturated heterocycles. The quantitative estimate of drug-likeness (QED) is 0.754. The summed E-state index contributed by atoms with van der Waals surface area (Å²) in [7, 11) is 1.67. The standard InChI is InChI=1S/C10H12BrClO/c1-13-10-6-8(3-2-4-12)5-9(11)7-10/h5-7H,2-4H2,1H3. The highest BCUT2D eigenvalue weighted by Crippen LogP contribution is 2.22. The van der Waals surface area contributed by atoms with E-state index in [-0.39, 0.29) is 0 Å². The number of rotatable bonds is 4. The van der Waals surface area contributed by atoms with Gasteiger partial charge in [0.15, 0.2) is 0 Å². The second-order valence-electron chi connectivity index (χ2n) is 2.79. The summed E-state index contributed by atoms with van der Waals surface area (Å²) in [6, 6.07) is 6.08. The molecule has 3 heteroatoms. The molecule has 0 atom stereocenters. The SMILES string of the molecule is COc1cc(Br)cc(CCCCl)c1. The summed E-state index contributed by atoms with van der Waals surface area (Å²) in [4.78, 5) is 0. The van der Waals surface area contributed by atoms with Crippen LogP contribution in [0.4, 0.5) is 0 Å². The highest BCUT2D eigenvalue weighted by atomic mass is 79.9. The molecule has 0 bridgehead atoms. The smallest absolute Gasteiger partial charge is 0.120 e. The van der Waals surface area contributed by atoms with Crippen molar-refractivity contribution in [2.75, 3.05) is 13.0 Å². The van der Waals surface area contributed by atoms with Gasteiger partial charge in [0, 0.05) is 10.4 Å². The molecule has 0 spiro atoms. The number of hydrogen-bond acceptors (Lipinski definition) is 1. The Balaban J connectivity index is 2.76. The van der Waals surface area contributed by atoms with Crippen LogP contribution in [-0.2, 0) is 6.42 Å². The largest absolute Gasteiger partial charge is 0.497 e. The minimum absolute atomic E-state index is 0.703. The molecule has 0 unspecified atom stereocenters. The van der Waals surface area contributed by atoms with Crippen molar-refractivity contribution >= 4 is 27.5 Å². The Morgan fingerprint density at radius 3 is 2.77 bits per heavy atom. The Kier molecular flexibility index (Phi) is 4.60. The van der Waals surface area contributed by atoms with Crippen LogP contribution >= 0.6 is 27.5 Å². The summed E-state index contributed by atoms with van der Waals surface area (Å²) in [5, 5.41) is 0. The van der Waals surface area contributed by atoms with Gasteiger partial charge in [0.2, 0.25) is 0 Å². The van der Waals surface area contributed by atoms with Gasteiger partial charge in [-0.2, -0.15) is 0 Å². The van der Waals surface area contributed by atoms with Gasteiger partial charge in [-0.1, -0.05) is 15.9 Å². The molecule has 0 radical (unpaired) electrons. The van der Waals surface area contributed by atoms with Gasteiger partial charge in [-0.25, -0.2) is 0 Å². The van der Waals surface area contributed by atoms with Crippen molar-refractivity contribution in [3.05, 3.63) is 28.2 Å². The van der Waals surface area contributed by atoms with Crippen LogP contribution in [0.5, 0.6) is 5.75 Å². The van der Waals surface area contributed by atoms with E-state index in [0.29, 0.717) is 5.88 Å². The van der Waals surface area contributed by atoms with Crippen molar-refractivity contribution in [3.8, 4) is 5.75 Å². The summed E-state index contributed by atoms with van der Waals surface area (Å²) in [6.45, 7) is 0. The monoisotopic (exact) mass is 262 g/mol. The van der Waals surface area contributed by atoms with Gasteiger partial charge >= 0.3 is 0 Å². The maximum absolute atomic E-state index is 5.62. The molecule has 0 aliphatic rings. The Morgan fingerprint density at radius 2 is 2.15 bits per heavy atom. The summed E-state index contributed by atoms with van der Waals surface area (Å²) >= 11 is 9.05. The first kappa shape index (κ1) is 10.9. The minimum atomic E-state index is 0.703. The molecule has 1 aromatic carbocycles. The van der Waals surface area contributed by atoms with Crippen LogP contribution in [0.2, 0.25) is 0 Å². The molecule has 1 nitrogen and oxygen atoms in total. The predicted molar refractivity (Wildman–Crippen MR) is 59.7 cm³/mol. The molecule has 1 aromatic rings. The van der Waals surface area contributed by atoms with Gasteiger partial charge in [0.05, 0.1) is 7.11 Å². The topological polar surface area (TPSA) is 9.23 Å². The third-order valence-corrected chi connectivity index (χ3v) is 2.49. The molecule has 0 saturated carbocycles. The van der Waals surface area contributed by atoms with E-state index in [1.54, 1.807) is 7.11 Å². The van der Waals surface area contributed by atoms with Gasteiger partial charge in [-0.05, 0) is 36.6 Å². The zero-order chi connectivity index (χ0) is 9.68. The Hall–Kier alpha value is -0.210. The Morgan fingerprint density at radius 1 is 1.38 bits per heavy atom. The van der Waals surface area contributed by atoms with Crippen molar-refractivity contribution in [1.82, 2.24) is 0 Å². The number of hydrogen-bond donors (Lipinski definition) is 0. The molecular weight excluding hydrogens is 251 g/mol. The first-order valence-electron chi connectivity index (χ1n) is 4.15. The maximum atomic E-state index is 5.62. The number of aryl methyl sites for hydroxylation is 1. The molecule has 0 N–H and O–H groups in total. The lowest BCUT2D eigenvalue weighted by Gasteiger charge is -2.04. The molecule has 0 aliphatic heterocycles. The molecule has 0 fully saturated rings. The van der Waals surface area contributed by atoms with Crippen LogP contribution in [-0.4, -0.2) is 13.0 Å². The van der Waals surface area contributed by atoms with Crippen LogP contribution in [0, 0.1) is 0 Å². The molecule has 72 valence electrons. The van der Waals surface area contributed by atoms with Crippen molar-refractivity contribution in [1.29, 1.82) is 0 Å². The lowest BCUT2D eigenvalue weighted by atomic mass is 10.1. The van der Waals surface area contributed by atoms with E-state index >= 15 is 0 Å². The van der Waals surface area contributed by atoms with E-state index in [9.17, 15) is 0 Å². The van der Waals surface area contributed by atoms with E-state index in [4.69, 9.17) is 16.3 Å². The number of halogens is 2. The average molecular weight is 264 g/mol. The molecule has 1 rings (SSSR count). The Bertz CT molecular complexity index is 276. The zero-order valence-electron chi connectivity index (χ0n) is 7.52. The second kappa shape index (κ2) is 5.51. The van der Waals surface area contributed by atoms with E-state index in [0.717, 1.165) is 23.1 Å². The van der Waals surface area contributed by atoms with Crippen LogP contribution in [0.3, 0.4) is 0 Å². The van der Waals surface area contributed by atoms with E-state index in [1.165, 1.54) is 5.56 Å². The molecule has 0 aromatic heterocycles. The molecular formula is C10H12BrClO. The van der Waals surface area contributed by atoms with Crippen LogP contribution in [0.1, 0.15) is 12.0 Å². The average Bonchev–Trinajstić information content (AvgIpc) is 2.14. The molecule has 0 aliphatic carbocycles. The maximum Gasteiger partial charge on any atom is 0.120 e. The van der Waals surface area contributed by atoms with Crippen molar-refractivity contribution in [2.24, 2.45) is 0 Å². The summed E-state index contributed by atoms with van der Waals surface area (Å²) in [6.07, 6.45) is 2.00. The molecule has 13 heavy (non-hydrogen) atoms. The number of alkyl halides is 1. The lowest BCUT2D eigenvalue weighted by molar-refractivity contribution is 0.414. The van der Waals surface area contributed by atoms with Gasteiger partial charge in [-0.15, -0.1) is 11.6 Å². The Labute approximate surface area is 92.2 Å². The summed E-state index contributed by atoms with van der Waals surface area (Å²) in [5.74, 6) is 1.59. The van der Waals surface area contributed by atoms with Crippen molar-refractivity contribution in [3.63, 3.8) is 0 Å². The van der Waals surface area contributed by atoms with Gasteiger partial charge in [0.25, 0.3) is 0 Å². The summed E-state index contributed by atoms with van der Waals surface area (Å²) < 4.78 is 6.20. The fourth-order valence-electron chi connectivity index (χ4n) is 1.15. The third-order valence-electron chi connectivity index (χ3n) is 1.77.